The van der Waals surface area contributed by atoms with E-state index in [0.29, 0.717) is 6.04 Å². The second-order valence-corrected chi connectivity index (χ2v) is 7.12. The maximum absolute atomic E-state index is 3.46. The molecule has 0 amide bonds. The van der Waals surface area contributed by atoms with E-state index < -0.39 is 0 Å². The van der Waals surface area contributed by atoms with Gasteiger partial charge in [-0.05, 0) is 62.1 Å². The number of hydrogen-bond donors (Lipinski definition) is 1. The molecule has 0 heterocycles. The van der Waals surface area contributed by atoms with Crippen LogP contribution in [0.1, 0.15) is 50.6 Å². The number of benzene rings is 1. The molecule has 4 unspecified atom stereocenters. The van der Waals surface area contributed by atoms with Crippen molar-refractivity contribution in [2.24, 2.45) is 17.8 Å². The number of anilines is 1. The summed E-state index contributed by atoms with van der Waals surface area (Å²) in [7, 11) is 4.36. The standard InChI is InChI=1S/C19H30N2/c1-4-18(20-2)17-7-5-6-8-19(17)21(3)13-16-12-14-9-10-15(16)11-14/h5-8,14-16,18,20H,4,9-13H2,1-3H3. The fourth-order valence-electron chi connectivity index (χ4n) is 4.76. The fourth-order valence-corrected chi connectivity index (χ4v) is 4.76. The topological polar surface area (TPSA) is 15.3 Å². The highest BCUT2D eigenvalue weighted by Gasteiger charge is 2.39. The van der Waals surface area contributed by atoms with Crippen molar-refractivity contribution in [3.05, 3.63) is 29.8 Å². The van der Waals surface area contributed by atoms with Gasteiger partial charge in [0.1, 0.15) is 0 Å². The molecule has 21 heavy (non-hydrogen) atoms. The van der Waals surface area contributed by atoms with Crippen molar-refractivity contribution in [1.29, 1.82) is 0 Å². The van der Waals surface area contributed by atoms with Gasteiger partial charge in [0.15, 0.2) is 0 Å². The number of hydrogen-bond acceptors (Lipinski definition) is 2. The third kappa shape index (κ3) is 2.96. The molecule has 0 radical (unpaired) electrons. The van der Waals surface area contributed by atoms with Crippen molar-refractivity contribution < 1.29 is 0 Å². The number of nitrogens with one attached hydrogen (secondary N) is 1. The van der Waals surface area contributed by atoms with E-state index in [2.05, 4.69) is 55.5 Å². The molecule has 116 valence electrons. The predicted octanol–water partition coefficient (Wildman–Crippen LogP) is 4.23. The summed E-state index contributed by atoms with van der Waals surface area (Å²) in [6.45, 7) is 3.49. The minimum Gasteiger partial charge on any atom is -0.374 e. The van der Waals surface area contributed by atoms with Crippen LogP contribution in [-0.4, -0.2) is 20.6 Å². The maximum Gasteiger partial charge on any atom is 0.0412 e. The summed E-state index contributed by atoms with van der Waals surface area (Å²) in [6, 6.07) is 9.39. The number of fused-ring (bicyclic) bond motifs is 2. The highest BCUT2D eigenvalue weighted by molar-refractivity contribution is 5.54. The average Bonchev–Trinajstić information content (AvgIpc) is 3.11. The van der Waals surface area contributed by atoms with Crippen LogP contribution in [0.2, 0.25) is 0 Å². The highest BCUT2D eigenvalue weighted by atomic mass is 15.1. The Morgan fingerprint density at radius 3 is 2.67 bits per heavy atom. The van der Waals surface area contributed by atoms with E-state index in [-0.39, 0.29) is 0 Å². The van der Waals surface area contributed by atoms with Crippen LogP contribution in [0.15, 0.2) is 24.3 Å². The third-order valence-corrected chi connectivity index (χ3v) is 5.87. The van der Waals surface area contributed by atoms with Crippen LogP contribution < -0.4 is 10.2 Å². The first-order valence-electron chi connectivity index (χ1n) is 8.70. The van der Waals surface area contributed by atoms with Gasteiger partial charge in [0.05, 0.1) is 0 Å². The van der Waals surface area contributed by atoms with E-state index in [4.69, 9.17) is 0 Å². The maximum atomic E-state index is 3.46. The summed E-state index contributed by atoms with van der Waals surface area (Å²) in [5.74, 6) is 2.98. The summed E-state index contributed by atoms with van der Waals surface area (Å²) in [6.07, 6.45) is 7.10. The molecule has 0 aromatic heterocycles. The normalized spacial score (nSPS) is 28.8. The molecule has 1 aromatic rings. The number of nitrogens with zero attached hydrogens (tertiary/aromatic N) is 1. The van der Waals surface area contributed by atoms with Crippen LogP contribution in [0, 0.1) is 17.8 Å². The molecule has 0 spiro atoms. The molecule has 0 aliphatic heterocycles. The van der Waals surface area contributed by atoms with E-state index in [1.807, 2.05) is 0 Å². The average molecular weight is 286 g/mol. The van der Waals surface area contributed by atoms with Gasteiger partial charge in [-0.3, -0.25) is 0 Å². The quantitative estimate of drug-likeness (QED) is 0.842. The molecular formula is C19H30N2. The zero-order valence-corrected chi connectivity index (χ0v) is 13.8. The highest BCUT2D eigenvalue weighted by Crippen LogP contribution is 2.48. The molecular weight excluding hydrogens is 256 g/mol. The Labute approximate surface area is 129 Å². The lowest BCUT2D eigenvalue weighted by Crippen LogP contribution is -2.30. The second-order valence-electron chi connectivity index (χ2n) is 7.12. The zero-order valence-electron chi connectivity index (χ0n) is 13.8. The van der Waals surface area contributed by atoms with Crippen molar-refractivity contribution in [3.8, 4) is 0 Å². The van der Waals surface area contributed by atoms with E-state index in [1.54, 1.807) is 0 Å². The monoisotopic (exact) mass is 286 g/mol. The van der Waals surface area contributed by atoms with Gasteiger partial charge < -0.3 is 10.2 Å². The zero-order chi connectivity index (χ0) is 14.8. The molecule has 2 fully saturated rings. The van der Waals surface area contributed by atoms with Gasteiger partial charge in [-0.2, -0.15) is 0 Å². The van der Waals surface area contributed by atoms with Crippen molar-refractivity contribution in [1.82, 2.24) is 5.32 Å². The molecule has 1 N–H and O–H groups in total. The molecule has 2 aliphatic rings. The van der Waals surface area contributed by atoms with Crippen molar-refractivity contribution in [2.75, 3.05) is 25.5 Å². The van der Waals surface area contributed by atoms with Gasteiger partial charge in [-0.25, -0.2) is 0 Å². The lowest BCUT2D eigenvalue weighted by atomic mass is 9.88. The third-order valence-electron chi connectivity index (χ3n) is 5.87. The SMILES string of the molecule is CCC(NC)c1ccccc1N(C)CC1CC2CCC1C2. The summed E-state index contributed by atoms with van der Waals surface area (Å²) < 4.78 is 0. The van der Waals surface area contributed by atoms with Crippen LogP contribution >= 0.6 is 0 Å². The summed E-state index contributed by atoms with van der Waals surface area (Å²) >= 11 is 0. The molecule has 2 heteroatoms. The van der Waals surface area contributed by atoms with Crippen molar-refractivity contribution in [2.45, 2.75) is 45.1 Å². The van der Waals surface area contributed by atoms with Gasteiger partial charge in [-0.1, -0.05) is 31.5 Å². The molecule has 0 saturated heterocycles. The van der Waals surface area contributed by atoms with E-state index in [0.717, 1.165) is 24.2 Å². The Hall–Kier alpha value is -1.02. The molecule has 2 saturated carbocycles. The van der Waals surface area contributed by atoms with Gasteiger partial charge in [0.2, 0.25) is 0 Å². The first-order valence-corrected chi connectivity index (χ1v) is 8.70. The minimum atomic E-state index is 0.462. The van der Waals surface area contributed by atoms with Crippen molar-refractivity contribution in [3.63, 3.8) is 0 Å². The largest absolute Gasteiger partial charge is 0.374 e. The van der Waals surface area contributed by atoms with E-state index in [9.17, 15) is 0 Å². The second kappa shape index (κ2) is 6.39. The van der Waals surface area contributed by atoms with Crippen LogP contribution in [0.5, 0.6) is 0 Å². The Morgan fingerprint density at radius 1 is 1.24 bits per heavy atom. The lowest BCUT2D eigenvalue weighted by molar-refractivity contribution is 0.337. The van der Waals surface area contributed by atoms with Gasteiger partial charge >= 0.3 is 0 Å². The number of para-hydroxylation sites is 1. The Morgan fingerprint density at radius 2 is 2.05 bits per heavy atom. The van der Waals surface area contributed by atoms with E-state index >= 15 is 0 Å². The summed E-state index contributed by atoms with van der Waals surface area (Å²) in [5.41, 5.74) is 2.87. The van der Waals surface area contributed by atoms with Crippen LogP contribution in [-0.2, 0) is 0 Å². The van der Waals surface area contributed by atoms with Gasteiger partial charge in [0, 0.05) is 25.3 Å². The summed E-state index contributed by atoms with van der Waals surface area (Å²) in [4.78, 5) is 2.51. The molecule has 1 aromatic carbocycles. The fraction of sp³-hybridized carbons (Fsp3) is 0.684. The summed E-state index contributed by atoms with van der Waals surface area (Å²) in [5, 5.41) is 3.46. The minimum absolute atomic E-state index is 0.462. The first kappa shape index (κ1) is 14.9. The smallest absolute Gasteiger partial charge is 0.0412 e. The molecule has 4 atom stereocenters. The molecule has 2 aliphatic carbocycles. The van der Waals surface area contributed by atoms with Crippen LogP contribution in [0.4, 0.5) is 5.69 Å². The van der Waals surface area contributed by atoms with Gasteiger partial charge in [0.25, 0.3) is 0 Å². The van der Waals surface area contributed by atoms with Crippen LogP contribution in [0.25, 0.3) is 0 Å². The Balaban J connectivity index is 1.73. The van der Waals surface area contributed by atoms with Gasteiger partial charge in [-0.15, -0.1) is 0 Å². The predicted molar refractivity (Wildman–Crippen MR) is 90.7 cm³/mol. The van der Waals surface area contributed by atoms with Crippen LogP contribution in [0.3, 0.4) is 0 Å². The number of rotatable bonds is 6. The Kier molecular flexibility index (Phi) is 4.54. The lowest BCUT2D eigenvalue weighted by Gasteiger charge is -2.31. The first-order chi connectivity index (χ1) is 10.2. The molecule has 3 rings (SSSR count). The Bertz CT molecular complexity index is 466. The van der Waals surface area contributed by atoms with Crippen molar-refractivity contribution >= 4 is 5.69 Å². The molecule has 2 bridgehead atoms. The van der Waals surface area contributed by atoms with E-state index in [1.165, 1.54) is 43.5 Å². The molecule has 2 nitrogen and oxygen atoms in total.